The molecule has 8 heteroatoms. The van der Waals surface area contributed by atoms with Crippen LogP contribution in [0.15, 0.2) is 54.9 Å². The number of ether oxygens (including phenoxy) is 3. The van der Waals surface area contributed by atoms with Gasteiger partial charge in [-0.3, -0.25) is 9.78 Å². The number of carbonyl (C=O) groups excluding carboxylic acids is 1. The Bertz CT molecular complexity index is 984. The molecule has 0 saturated heterocycles. The monoisotopic (exact) mass is 397 g/mol. The van der Waals surface area contributed by atoms with E-state index in [2.05, 4.69) is 15.6 Å². The van der Waals surface area contributed by atoms with Crippen molar-refractivity contribution in [3.63, 3.8) is 0 Å². The lowest BCUT2D eigenvalue weighted by Gasteiger charge is -2.14. The summed E-state index contributed by atoms with van der Waals surface area (Å²) in [5.74, 6) is 0.584. The van der Waals surface area contributed by atoms with Gasteiger partial charge in [-0.15, -0.1) is 0 Å². The van der Waals surface area contributed by atoms with E-state index < -0.39 is 0 Å². The predicted molar refractivity (Wildman–Crippen MR) is 108 cm³/mol. The third kappa shape index (κ3) is 4.73. The molecule has 0 aliphatic rings. The fraction of sp³-hybridized carbons (Fsp3) is 0.143. The van der Waals surface area contributed by atoms with Crippen molar-refractivity contribution in [2.24, 2.45) is 0 Å². The molecule has 3 aromatic rings. The molecule has 1 heterocycles. The molecule has 29 heavy (non-hydrogen) atoms. The van der Waals surface area contributed by atoms with E-state index in [9.17, 15) is 9.18 Å². The number of amides is 1. The molecule has 0 saturated carbocycles. The largest absolute Gasteiger partial charge is 0.493 e. The summed E-state index contributed by atoms with van der Waals surface area (Å²) in [6, 6.07) is 10.8. The van der Waals surface area contributed by atoms with E-state index in [1.807, 2.05) is 0 Å². The van der Waals surface area contributed by atoms with E-state index in [1.54, 1.807) is 36.5 Å². The maximum Gasteiger partial charge on any atom is 0.257 e. The molecule has 0 aliphatic heterocycles. The summed E-state index contributed by atoms with van der Waals surface area (Å²) in [6.07, 6.45) is 3.02. The molecule has 0 radical (unpaired) electrons. The fourth-order valence-corrected chi connectivity index (χ4v) is 2.69. The molecule has 2 N–H and O–H groups in total. The summed E-state index contributed by atoms with van der Waals surface area (Å²) in [7, 11) is 4.50. The number of halogens is 1. The minimum atomic E-state index is -0.366. The van der Waals surface area contributed by atoms with Crippen molar-refractivity contribution in [3.8, 4) is 17.2 Å². The number of nitrogens with zero attached hydrogens (tertiary/aromatic N) is 1. The SMILES string of the molecule is COc1cc(NC(=O)c2cncc(Nc3ccc(F)cc3)c2)cc(OC)c1OC. The maximum atomic E-state index is 13.0. The highest BCUT2D eigenvalue weighted by molar-refractivity contribution is 6.05. The molecule has 2 aromatic carbocycles. The molecule has 0 atom stereocenters. The molecule has 0 unspecified atom stereocenters. The van der Waals surface area contributed by atoms with E-state index in [4.69, 9.17) is 14.2 Å². The van der Waals surface area contributed by atoms with Crippen molar-refractivity contribution in [2.75, 3.05) is 32.0 Å². The molecule has 0 aliphatic carbocycles. The summed E-state index contributed by atoms with van der Waals surface area (Å²) in [5.41, 5.74) is 2.08. The Hall–Kier alpha value is -3.81. The lowest BCUT2D eigenvalue weighted by Crippen LogP contribution is -2.13. The number of hydrogen-bond acceptors (Lipinski definition) is 6. The molecule has 150 valence electrons. The van der Waals surface area contributed by atoms with Crippen LogP contribution < -0.4 is 24.8 Å². The molecule has 0 bridgehead atoms. The van der Waals surface area contributed by atoms with Crippen molar-refractivity contribution >= 4 is 23.0 Å². The van der Waals surface area contributed by atoms with Gasteiger partial charge >= 0.3 is 0 Å². The van der Waals surface area contributed by atoms with Crippen LogP contribution in [0.3, 0.4) is 0 Å². The van der Waals surface area contributed by atoms with Gasteiger partial charge in [0.25, 0.3) is 5.91 Å². The van der Waals surface area contributed by atoms with Gasteiger partial charge in [-0.2, -0.15) is 0 Å². The second kappa shape index (κ2) is 8.92. The van der Waals surface area contributed by atoms with Crippen LogP contribution in [0.1, 0.15) is 10.4 Å². The van der Waals surface area contributed by atoms with Crippen LogP contribution in [0.5, 0.6) is 17.2 Å². The molecule has 3 rings (SSSR count). The minimum absolute atomic E-state index is 0.327. The summed E-state index contributed by atoms with van der Waals surface area (Å²) in [4.78, 5) is 16.8. The standard InChI is InChI=1S/C21H20FN3O4/c1-27-18-9-16(10-19(28-2)20(18)29-3)25-21(26)13-8-17(12-23-11-13)24-15-6-4-14(22)5-7-15/h4-12,24H,1-3H3,(H,25,26). The van der Waals surface area contributed by atoms with Crippen molar-refractivity contribution in [2.45, 2.75) is 0 Å². The summed E-state index contributed by atoms with van der Waals surface area (Å²) in [5, 5.41) is 5.86. The fourth-order valence-electron chi connectivity index (χ4n) is 2.69. The van der Waals surface area contributed by atoms with Gasteiger partial charge < -0.3 is 24.8 Å². The zero-order chi connectivity index (χ0) is 20.8. The first-order chi connectivity index (χ1) is 14.0. The number of methoxy groups -OCH3 is 3. The predicted octanol–water partition coefficient (Wildman–Crippen LogP) is 4.24. The zero-order valence-electron chi connectivity index (χ0n) is 16.2. The van der Waals surface area contributed by atoms with Gasteiger partial charge in [-0.25, -0.2) is 4.39 Å². The number of benzene rings is 2. The second-order valence-corrected chi connectivity index (χ2v) is 5.96. The Kier molecular flexibility index (Phi) is 6.13. The van der Waals surface area contributed by atoms with Crippen LogP contribution in [0, 0.1) is 5.82 Å². The van der Waals surface area contributed by atoms with Crippen LogP contribution in [0.2, 0.25) is 0 Å². The highest BCUT2D eigenvalue weighted by Gasteiger charge is 2.15. The number of aromatic nitrogens is 1. The molecule has 0 fully saturated rings. The molecular formula is C21H20FN3O4. The van der Waals surface area contributed by atoms with Crippen molar-refractivity contribution in [3.05, 3.63) is 66.2 Å². The maximum absolute atomic E-state index is 13.0. The summed E-state index contributed by atoms with van der Waals surface area (Å²) >= 11 is 0. The third-order valence-corrected chi connectivity index (χ3v) is 4.06. The summed E-state index contributed by atoms with van der Waals surface area (Å²) < 4.78 is 28.9. The lowest BCUT2D eigenvalue weighted by atomic mass is 10.2. The number of pyridine rings is 1. The van der Waals surface area contributed by atoms with Gasteiger partial charge in [0.15, 0.2) is 11.5 Å². The van der Waals surface area contributed by atoms with E-state index in [-0.39, 0.29) is 11.7 Å². The van der Waals surface area contributed by atoms with Gasteiger partial charge in [0.1, 0.15) is 5.82 Å². The average Bonchev–Trinajstić information content (AvgIpc) is 2.74. The lowest BCUT2D eigenvalue weighted by molar-refractivity contribution is 0.102. The third-order valence-electron chi connectivity index (χ3n) is 4.06. The Balaban J connectivity index is 1.80. The van der Waals surface area contributed by atoms with Gasteiger partial charge in [-0.05, 0) is 30.3 Å². The normalized spacial score (nSPS) is 10.2. The Morgan fingerprint density at radius 1 is 0.862 bits per heavy atom. The first-order valence-electron chi connectivity index (χ1n) is 8.63. The van der Waals surface area contributed by atoms with E-state index >= 15 is 0 Å². The Morgan fingerprint density at radius 3 is 2.10 bits per heavy atom. The number of carbonyl (C=O) groups is 1. The minimum Gasteiger partial charge on any atom is -0.493 e. The van der Waals surface area contributed by atoms with Crippen molar-refractivity contribution < 1.29 is 23.4 Å². The van der Waals surface area contributed by atoms with Crippen LogP contribution in [-0.4, -0.2) is 32.2 Å². The first-order valence-corrected chi connectivity index (χ1v) is 8.63. The Labute approximate surface area is 167 Å². The van der Waals surface area contributed by atoms with Crippen LogP contribution in [0.25, 0.3) is 0 Å². The van der Waals surface area contributed by atoms with Gasteiger partial charge in [0, 0.05) is 29.7 Å². The van der Waals surface area contributed by atoms with Crippen molar-refractivity contribution in [1.29, 1.82) is 0 Å². The highest BCUT2D eigenvalue weighted by atomic mass is 19.1. The van der Waals surface area contributed by atoms with Gasteiger partial charge in [0.2, 0.25) is 5.75 Å². The quantitative estimate of drug-likeness (QED) is 0.621. The van der Waals surface area contributed by atoms with E-state index in [1.165, 1.54) is 39.7 Å². The number of hydrogen-bond donors (Lipinski definition) is 2. The summed E-state index contributed by atoms with van der Waals surface area (Å²) in [6.45, 7) is 0. The average molecular weight is 397 g/mol. The first kappa shape index (κ1) is 19.9. The molecule has 1 amide bonds. The van der Waals surface area contributed by atoms with Gasteiger partial charge in [-0.1, -0.05) is 0 Å². The number of anilines is 3. The number of rotatable bonds is 7. The zero-order valence-corrected chi connectivity index (χ0v) is 16.2. The topological polar surface area (TPSA) is 81.7 Å². The second-order valence-electron chi connectivity index (χ2n) is 5.96. The van der Waals surface area contributed by atoms with Crippen molar-refractivity contribution in [1.82, 2.24) is 4.98 Å². The highest BCUT2D eigenvalue weighted by Crippen LogP contribution is 2.40. The molecule has 7 nitrogen and oxygen atoms in total. The van der Waals surface area contributed by atoms with Crippen LogP contribution in [0.4, 0.5) is 21.5 Å². The Morgan fingerprint density at radius 2 is 1.52 bits per heavy atom. The van der Waals surface area contributed by atoms with Gasteiger partial charge in [0.05, 0.1) is 38.8 Å². The molecule has 0 spiro atoms. The molecule has 1 aromatic heterocycles. The van der Waals surface area contributed by atoms with E-state index in [0.29, 0.717) is 39.9 Å². The molecular weight excluding hydrogens is 377 g/mol. The van der Waals surface area contributed by atoms with Crippen LogP contribution in [-0.2, 0) is 0 Å². The van der Waals surface area contributed by atoms with Crippen LogP contribution >= 0.6 is 0 Å². The van der Waals surface area contributed by atoms with E-state index in [0.717, 1.165) is 0 Å². The smallest absolute Gasteiger partial charge is 0.257 e. The number of nitrogens with one attached hydrogen (secondary N) is 2.